The molecule has 1 aliphatic rings. The quantitative estimate of drug-likeness (QED) is 0.733. The van der Waals surface area contributed by atoms with Crippen molar-refractivity contribution in [3.05, 3.63) is 47.2 Å². The van der Waals surface area contributed by atoms with Crippen LogP contribution >= 0.6 is 11.3 Å². The lowest BCUT2D eigenvalue weighted by Crippen LogP contribution is -2.26. The topological polar surface area (TPSA) is 63.6 Å². The monoisotopic (exact) mass is 284 g/mol. The third-order valence-electron chi connectivity index (χ3n) is 3.50. The Morgan fingerprint density at radius 1 is 1.40 bits per heavy atom. The minimum Gasteiger partial charge on any atom is -0.399 e. The summed E-state index contributed by atoms with van der Waals surface area (Å²) in [6.07, 6.45) is 4.36. The fourth-order valence-corrected chi connectivity index (χ4v) is 3.31. The molecule has 1 aromatic carbocycles. The Balaban J connectivity index is 1.69. The van der Waals surface area contributed by atoms with E-state index in [4.69, 9.17) is 5.73 Å². The van der Waals surface area contributed by atoms with Gasteiger partial charge in [-0.1, -0.05) is 0 Å². The highest BCUT2D eigenvalue weighted by Gasteiger charge is 2.27. The lowest BCUT2D eigenvalue weighted by Gasteiger charge is -2.16. The summed E-state index contributed by atoms with van der Waals surface area (Å²) in [7, 11) is 0. The largest absolute Gasteiger partial charge is 0.399 e. The van der Waals surface area contributed by atoms with Gasteiger partial charge in [0.2, 0.25) is 5.91 Å². The van der Waals surface area contributed by atoms with E-state index in [1.54, 1.807) is 16.2 Å². The molecule has 3 aromatic rings. The molecule has 2 N–H and O–H groups in total. The van der Waals surface area contributed by atoms with Gasteiger partial charge >= 0.3 is 0 Å². The number of anilines is 2. The molecule has 0 bridgehead atoms. The van der Waals surface area contributed by atoms with Crippen molar-refractivity contribution < 1.29 is 4.79 Å². The van der Waals surface area contributed by atoms with E-state index in [0.29, 0.717) is 18.7 Å². The second-order valence-electron chi connectivity index (χ2n) is 4.87. The van der Waals surface area contributed by atoms with E-state index in [2.05, 4.69) is 4.98 Å². The van der Waals surface area contributed by atoms with E-state index in [0.717, 1.165) is 21.9 Å². The predicted molar refractivity (Wildman–Crippen MR) is 78.8 cm³/mol. The molecule has 0 saturated carbocycles. The molecule has 1 aliphatic heterocycles. The average molecular weight is 284 g/mol. The van der Waals surface area contributed by atoms with Crippen molar-refractivity contribution in [3.63, 3.8) is 0 Å². The molecule has 100 valence electrons. The van der Waals surface area contributed by atoms with E-state index in [1.807, 2.05) is 40.4 Å². The second-order valence-corrected chi connectivity index (χ2v) is 5.74. The Morgan fingerprint density at radius 2 is 2.30 bits per heavy atom. The Bertz CT molecular complexity index is 791. The van der Waals surface area contributed by atoms with Crippen LogP contribution in [0.5, 0.6) is 0 Å². The van der Waals surface area contributed by atoms with E-state index >= 15 is 0 Å². The van der Waals surface area contributed by atoms with Gasteiger partial charge in [0, 0.05) is 29.1 Å². The number of hydrogen-bond acceptors (Lipinski definition) is 4. The maximum absolute atomic E-state index is 12.2. The van der Waals surface area contributed by atoms with Gasteiger partial charge in [0.1, 0.15) is 0 Å². The molecule has 0 atom stereocenters. The number of fused-ring (bicyclic) bond motifs is 2. The van der Waals surface area contributed by atoms with Gasteiger partial charge in [-0.05, 0) is 23.8 Å². The van der Waals surface area contributed by atoms with Gasteiger partial charge in [-0.3, -0.25) is 9.20 Å². The number of rotatable bonds is 2. The van der Waals surface area contributed by atoms with Crippen LogP contribution in [0.1, 0.15) is 11.3 Å². The molecule has 0 radical (unpaired) electrons. The summed E-state index contributed by atoms with van der Waals surface area (Å²) >= 11 is 1.59. The highest BCUT2D eigenvalue weighted by atomic mass is 32.1. The van der Waals surface area contributed by atoms with Crippen molar-refractivity contribution in [3.8, 4) is 0 Å². The van der Waals surface area contributed by atoms with Gasteiger partial charge in [-0.25, -0.2) is 4.98 Å². The molecule has 0 saturated heterocycles. The summed E-state index contributed by atoms with van der Waals surface area (Å²) < 4.78 is 1.98. The summed E-state index contributed by atoms with van der Waals surface area (Å²) in [5.41, 5.74) is 9.30. The van der Waals surface area contributed by atoms with Crippen LogP contribution in [-0.4, -0.2) is 15.3 Å². The van der Waals surface area contributed by atoms with E-state index in [9.17, 15) is 4.79 Å². The summed E-state index contributed by atoms with van der Waals surface area (Å²) in [4.78, 5) is 19.4. The third kappa shape index (κ3) is 1.69. The molecular formula is C14H12N4OS. The first-order chi connectivity index (χ1) is 9.70. The number of nitrogens with two attached hydrogens (primary N) is 1. The zero-order chi connectivity index (χ0) is 13.7. The molecule has 4 rings (SSSR count). The first-order valence-electron chi connectivity index (χ1n) is 6.30. The van der Waals surface area contributed by atoms with Gasteiger partial charge in [-0.2, -0.15) is 0 Å². The first-order valence-corrected chi connectivity index (χ1v) is 7.18. The molecule has 0 fully saturated rings. The number of thiazole rings is 1. The van der Waals surface area contributed by atoms with E-state index in [1.165, 1.54) is 0 Å². The number of aromatic nitrogens is 2. The lowest BCUT2D eigenvalue weighted by atomic mass is 10.1. The number of carbonyl (C=O) groups is 1. The summed E-state index contributed by atoms with van der Waals surface area (Å²) in [5, 5.41) is 1.99. The Hall–Kier alpha value is -2.34. The Morgan fingerprint density at radius 3 is 3.15 bits per heavy atom. The number of imidazole rings is 1. The van der Waals surface area contributed by atoms with Crippen LogP contribution in [-0.2, 0) is 17.8 Å². The third-order valence-corrected chi connectivity index (χ3v) is 4.27. The summed E-state index contributed by atoms with van der Waals surface area (Å²) in [6, 6.07) is 5.61. The maximum atomic E-state index is 12.2. The molecule has 20 heavy (non-hydrogen) atoms. The summed E-state index contributed by atoms with van der Waals surface area (Å²) in [5.74, 6) is 0.0990. The Kier molecular flexibility index (Phi) is 2.34. The van der Waals surface area contributed by atoms with Crippen molar-refractivity contribution in [2.75, 3.05) is 10.6 Å². The highest BCUT2D eigenvalue weighted by molar-refractivity contribution is 7.15. The van der Waals surface area contributed by atoms with Gasteiger partial charge in [0.25, 0.3) is 0 Å². The van der Waals surface area contributed by atoms with Crippen LogP contribution in [0.15, 0.2) is 36.0 Å². The average Bonchev–Trinajstić information content (AvgIpc) is 3.04. The maximum Gasteiger partial charge on any atom is 0.231 e. The molecule has 0 unspecified atom stereocenters. The molecule has 3 heterocycles. The van der Waals surface area contributed by atoms with Gasteiger partial charge < -0.3 is 10.6 Å². The molecule has 0 aliphatic carbocycles. The van der Waals surface area contributed by atoms with Crippen LogP contribution in [0.25, 0.3) is 4.96 Å². The second kappa shape index (κ2) is 4.08. The van der Waals surface area contributed by atoms with Crippen molar-refractivity contribution in [2.24, 2.45) is 0 Å². The fourth-order valence-electron chi connectivity index (χ4n) is 2.59. The SMILES string of the molecule is Nc1ccc2c(c1)CC(=O)N2Cc1cn2ccsc2n1. The number of nitrogen functional groups attached to an aromatic ring is 1. The minimum atomic E-state index is 0.0990. The number of hydrogen-bond donors (Lipinski definition) is 1. The Labute approximate surface area is 119 Å². The fraction of sp³-hybridized carbons (Fsp3) is 0.143. The molecule has 6 heteroatoms. The summed E-state index contributed by atoms with van der Waals surface area (Å²) in [6.45, 7) is 0.504. The molecular weight excluding hydrogens is 272 g/mol. The number of carbonyl (C=O) groups excluding carboxylic acids is 1. The highest BCUT2D eigenvalue weighted by Crippen LogP contribution is 2.31. The minimum absolute atomic E-state index is 0.0990. The predicted octanol–water partition coefficient (Wildman–Crippen LogP) is 2.07. The van der Waals surface area contributed by atoms with Gasteiger partial charge in [0.05, 0.1) is 18.7 Å². The molecule has 5 nitrogen and oxygen atoms in total. The van der Waals surface area contributed by atoms with E-state index in [-0.39, 0.29) is 5.91 Å². The van der Waals surface area contributed by atoms with Gasteiger partial charge in [-0.15, -0.1) is 11.3 Å². The molecule has 2 aromatic heterocycles. The zero-order valence-electron chi connectivity index (χ0n) is 10.6. The zero-order valence-corrected chi connectivity index (χ0v) is 11.4. The molecule has 0 spiro atoms. The van der Waals surface area contributed by atoms with E-state index < -0.39 is 0 Å². The van der Waals surface area contributed by atoms with Crippen LogP contribution in [0.4, 0.5) is 11.4 Å². The van der Waals surface area contributed by atoms with Crippen molar-refractivity contribution in [1.29, 1.82) is 0 Å². The lowest BCUT2D eigenvalue weighted by molar-refractivity contribution is -0.117. The standard InChI is InChI=1S/C14H12N4OS/c15-10-1-2-12-9(5-10)6-13(19)18(12)8-11-7-17-3-4-20-14(17)16-11/h1-5,7H,6,8,15H2. The van der Waals surface area contributed by atoms with Crippen LogP contribution in [0.2, 0.25) is 0 Å². The van der Waals surface area contributed by atoms with Crippen molar-refractivity contribution in [2.45, 2.75) is 13.0 Å². The van der Waals surface area contributed by atoms with Crippen LogP contribution in [0.3, 0.4) is 0 Å². The number of nitrogens with zero attached hydrogens (tertiary/aromatic N) is 3. The van der Waals surface area contributed by atoms with Gasteiger partial charge in [0.15, 0.2) is 4.96 Å². The first kappa shape index (κ1) is 11.5. The van der Waals surface area contributed by atoms with Crippen molar-refractivity contribution >= 4 is 33.6 Å². The number of benzene rings is 1. The van der Waals surface area contributed by atoms with Crippen LogP contribution in [0, 0.1) is 0 Å². The van der Waals surface area contributed by atoms with Crippen LogP contribution < -0.4 is 10.6 Å². The van der Waals surface area contributed by atoms with Crippen molar-refractivity contribution in [1.82, 2.24) is 9.38 Å². The number of amides is 1. The smallest absolute Gasteiger partial charge is 0.231 e. The normalized spacial score (nSPS) is 14.2. The molecule has 1 amide bonds.